The molecule has 1 atom stereocenters. The van der Waals surface area contributed by atoms with Gasteiger partial charge >= 0.3 is 0 Å². The predicted octanol–water partition coefficient (Wildman–Crippen LogP) is 5.05. The Balaban J connectivity index is 1.25. The third kappa shape index (κ3) is 5.88. The van der Waals surface area contributed by atoms with Crippen LogP contribution in [0, 0.1) is 6.92 Å². The number of pyridine rings is 2. The van der Waals surface area contributed by atoms with Crippen LogP contribution >= 0.6 is 11.3 Å². The summed E-state index contributed by atoms with van der Waals surface area (Å²) in [5.74, 6) is 1.57. The normalized spacial score (nSPS) is 17.4. The Hall–Kier alpha value is -4.19. The summed E-state index contributed by atoms with van der Waals surface area (Å²) >= 11 is 1.52. The average Bonchev–Trinajstić information content (AvgIpc) is 3.72. The highest BCUT2D eigenvalue weighted by Gasteiger charge is 2.22. The highest BCUT2D eigenvalue weighted by molar-refractivity contribution is 7.10. The van der Waals surface area contributed by atoms with Crippen molar-refractivity contribution < 1.29 is 9.47 Å². The van der Waals surface area contributed by atoms with Crippen molar-refractivity contribution >= 4 is 34.0 Å². The maximum atomic E-state index is 14.2. The molecule has 0 saturated carbocycles. The van der Waals surface area contributed by atoms with Crippen LogP contribution in [0.1, 0.15) is 41.3 Å². The fraction of sp³-hybridized carbons (Fsp3) is 0.344. The van der Waals surface area contributed by atoms with Crippen LogP contribution in [0.3, 0.4) is 0 Å². The van der Waals surface area contributed by atoms with Crippen LogP contribution in [0.15, 0.2) is 65.2 Å². The van der Waals surface area contributed by atoms with Gasteiger partial charge in [0.05, 0.1) is 29.0 Å². The van der Waals surface area contributed by atoms with Crippen molar-refractivity contribution in [3.8, 4) is 17.0 Å². The summed E-state index contributed by atoms with van der Waals surface area (Å²) in [5, 5.41) is 7.37. The Morgan fingerprint density at radius 1 is 1.12 bits per heavy atom. The van der Waals surface area contributed by atoms with E-state index in [2.05, 4.69) is 26.7 Å². The van der Waals surface area contributed by atoms with E-state index in [-0.39, 0.29) is 11.7 Å². The average molecular weight is 596 g/mol. The smallest absolute Gasteiger partial charge is 0.262 e. The molecule has 4 aromatic heterocycles. The van der Waals surface area contributed by atoms with Crippen molar-refractivity contribution in [1.29, 1.82) is 0 Å². The highest BCUT2D eigenvalue weighted by Crippen LogP contribution is 2.30. The van der Waals surface area contributed by atoms with Gasteiger partial charge in [0.2, 0.25) is 5.95 Å². The molecule has 2 saturated heterocycles. The Labute approximate surface area is 253 Å². The summed E-state index contributed by atoms with van der Waals surface area (Å²) in [4.78, 5) is 33.9. The molecule has 2 aliphatic rings. The van der Waals surface area contributed by atoms with E-state index in [1.807, 2.05) is 43.3 Å². The lowest BCUT2D eigenvalue weighted by Crippen LogP contribution is -2.26. The second-order valence-electron chi connectivity index (χ2n) is 11.0. The van der Waals surface area contributed by atoms with E-state index in [0.717, 1.165) is 78.5 Å². The van der Waals surface area contributed by atoms with Crippen LogP contribution in [-0.4, -0.2) is 56.9 Å². The van der Waals surface area contributed by atoms with Gasteiger partial charge in [0.1, 0.15) is 17.5 Å². The number of hydrogen-bond acceptors (Lipinski definition) is 10. The van der Waals surface area contributed by atoms with Crippen LogP contribution in [-0.2, 0) is 11.3 Å². The molecule has 5 aromatic rings. The molecule has 11 heteroatoms. The zero-order valence-corrected chi connectivity index (χ0v) is 24.8. The van der Waals surface area contributed by atoms with Crippen molar-refractivity contribution in [2.45, 2.75) is 44.8 Å². The fourth-order valence-electron chi connectivity index (χ4n) is 5.88. The number of benzene rings is 1. The molecule has 0 spiro atoms. The van der Waals surface area contributed by atoms with Crippen molar-refractivity contribution in [2.24, 2.45) is 0 Å². The summed E-state index contributed by atoms with van der Waals surface area (Å²) in [6, 6.07) is 13.7. The van der Waals surface area contributed by atoms with E-state index >= 15 is 0 Å². The van der Waals surface area contributed by atoms with E-state index in [1.54, 1.807) is 22.5 Å². The predicted molar refractivity (Wildman–Crippen MR) is 167 cm³/mol. The zero-order valence-electron chi connectivity index (χ0n) is 24.0. The van der Waals surface area contributed by atoms with E-state index in [9.17, 15) is 4.79 Å². The van der Waals surface area contributed by atoms with Gasteiger partial charge in [0, 0.05) is 48.1 Å². The minimum absolute atomic E-state index is 0.155. The summed E-state index contributed by atoms with van der Waals surface area (Å²) in [6.07, 6.45) is 6.62. The zero-order chi connectivity index (χ0) is 29.2. The molecule has 0 bridgehead atoms. The molecule has 43 heavy (non-hydrogen) atoms. The number of nitrogens with one attached hydrogen (secondary N) is 2. The minimum Gasteiger partial charge on any atom is -0.489 e. The van der Waals surface area contributed by atoms with E-state index in [0.29, 0.717) is 35.3 Å². The van der Waals surface area contributed by atoms with Gasteiger partial charge in [-0.3, -0.25) is 14.3 Å². The van der Waals surface area contributed by atoms with Crippen molar-refractivity contribution in [1.82, 2.24) is 29.8 Å². The van der Waals surface area contributed by atoms with Gasteiger partial charge in [-0.1, -0.05) is 6.07 Å². The first-order chi connectivity index (χ1) is 21.1. The fourth-order valence-corrected chi connectivity index (χ4v) is 6.47. The number of aryl methyl sites for hydroxylation is 1. The SMILES string of the molecule is Cc1scnc1-c1cc2cnc(Nc3ccc(OC4CCNC4)cc3)nc2n(Cc2ncccc2C2CCOCC2)c1=O. The molecule has 2 N–H and O–H groups in total. The van der Waals surface area contributed by atoms with Crippen LogP contribution < -0.4 is 20.9 Å². The monoisotopic (exact) mass is 595 g/mol. The number of hydrogen-bond donors (Lipinski definition) is 2. The first-order valence-electron chi connectivity index (χ1n) is 14.7. The third-order valence-electron chi connectivity index (χ3n) is 8.15. The van der Waals surface area contributed by atoms with Gasteiger partial charge in [-0.25, -0.2) is 9.97 Å². The van der Waals surface area contributed by atoms with Crippen LogP contribution in [0.5, 0.6) is 5.75 Å². The maximum Gasteiger partial charge on any atom is 0.262 e. The van der Waals surface area contributed by atoms with Crippen molar-refractivity contribution in [3.63, 3.8) is 0 Å². The molecule has 220 valence electrons. The first-order valence-corrected chi connectivity index (χ1v) is 15.6. The van der Waals surface area contributed by atoms with Gasteiger partial charge in [-0.05, 0) is 80.6 Å². The topological polar surface area (TPSA) is 116 Å². The summed E-state index contributed by atoms with van der Waals surface area (Å²) in [6.45, 7) is 5.58. The van der Waals surface area contributed by atoms with Crippen LogP contribution in [0.25, 0.3) is 22.3 Å². The minimum atomic E-state index is -0.155. The number of anilines is 2. The Morgan fingerprint density at radius 2 is 1.98 bits per heavy atom. The molecule has 0 amide bonds. The Kier molecular flexibility index (Phi) is 7.84. The van der Waals surface area contributed by atoms with E-state index in [1.165, 1.54) is 11.3 Å². The lowest BCUT2D eigenvalue weighted by atomic mass is 9.90. The Morgan fingerprint density at radius 3 is 2.74 bits per heavy atom. The largest absolute Gasteiger partial charge is 0.489 e. The number of aromatic nitrogens is 5. The van der Waals surface area contributed by atoms with Crippen LogP contribution in [0.2, 0.25) is 0 Å². The quantitative estimate of drug-likeness (QED) is 0.254. The molecule has 1 unspecified atom stereocenters. The third-order valence-corrected chi connectivity index (χ3v) is 8.91. The van der Waals surface area contributed by atoms with Gasteiger partial charge in [-0.15, -0.1) is 11.3 Å². The van der Waals surface area contributed by atoms with Gasteiger partial charge < -0.3 is 20.1 Å². The summed E-state index contributed by atoms with van der Waals surface area (Å²) in [7, 11) is 0. The number of rotatable bonds is 8. The molecule has 1 aromatic carbocycles. The number of thiazole rings is 1. The lowest BCUT2D eigenvalue weighted by molar-refractivity contribution is 0.0850. The second kappa shape index (κ2) is 12.2. The van der Waals surface area contributed by atoms with Crippen molar-refractivity contribution in [2.75, 3.05) is 31.6 Å². The number of nitrogens with zero attached hydrogens (tertiary/aromatic N) is 5. The van der Waals surface area contributed by atoms with E-state index in [4.69, 9.17) is 19.4 Å². The molecule has 0 radical (unpaired) electrons. The van der Waals surface area contributed by atoms with Crippen molar-refractivity contribution in [3.05, 3.63) is 86.9 Å². The lowest BCUT2D eigenvalue weighted by Gasteiger charge is -2.24. The summed E-state index contributed by atoms with van der Waals surface area (Å²) < 4.78 is 13.4. The second-order valence-corrected chi connectivity index (χ2v) is 12.0. The highest BCUT2D eigenvalue weighted by atomic mass is 32.1. The molecule has 10 nitrogen and oxygen atoms in total. The molecular formula is C32H33N7O3S. The Bertz CT molecular complexity index is 1790. The standard InChI is InChI=1S/C32H33N7O3S/c1-20-29(36-19-43-20)27-15-22-16-35-32(37-23-4-6-24(7-5-23)42-25-8-12-33-17-25)38-30(22)39(31(27)40)18-28-26(3-2-11-34-28)21-9-13-41-14-10-21/h2-7,11,15-16,19,21,25,33H,8-10,12-14,17-18H2,1H3,(H,35,37,38). The number of fused-ring (bicyclic) bond motifs is 1. The molecule has 6 heterocycles. The molecule has 2 aliphatic heterocycles. The van der Waals surface area contributed by atoms with Gasteiger partial charge in [-0.2, -0.15) is 4.98 Å². The van der Waals surface area contributed by atoms with Gasteiger partial charge in [0.25, 0.3) is 5.56 Å². The molecule has 0 aliphatic carbocycles. The van der Waals surface area contributed by atoms with E-state index < -0.39 is 0 Å². The maximum absolute atomic E-state index is 14.2. The molecule has 7 rings (SSSR count). The van der Waals surface area contributed by atoms with Crippen LogP contribution in [0.4, 0.5) is 11.6 Å². The van der Waals surface area contributed by atoms with Gasteiger partial charge in [0.15, 0.2) is 0 Å². The summed E-state index contributed by atoms with van der Waals surface area (Å²) in [5.41, 5.74) is 6.22. The first kappa shape index (κ1) is 27.6. The molecular weight excluding hydrogens is 562 g/mol. The number of ether oxygens (including phenoxy) is 2. The molecule has 2 fully saturated rings.